The summed E-state index contributed by atoms with van der Waals surface area (Å²) in [6.07, 6.45) is -1.08. The first-order chi connectivity index (χ1) is 8.08. The third kappa shape index (κ3) is 4.91. The fourth-order valence-corrected chi connectivity index (χ4v) is 1.65. The molecule has 1 fully saturated rings. The number of aliphatic hydroxyl groups is 3. The van der Waals surface area contributed by atoms with Crippen molar-refractivity contribution in [1.29, 1.82) is 0 Å². The van der Waals surface area contributed by atoms with E-state index in [1.807, 2.05) is 13.8 Å². The topological polar surface area (TPSA) is 122 Å². The van der Waals surface area contributed by atoms with Crippen molar-refractivity contribution in [2.75, 3.05) is 6.61 Å². The molecule has 1 aliphatic heterocycles. The second-order valence-electron chi connectivity index (χ2n) is 3.72. The predicted molar refractivity (Wildman–Crippen MR) is 64.8 cm³/mol. The number of rotatable bonds is 3. The van der Waals surface area contributed by atoms with E-state index < -0.39 is 18.3 Å². The Hall–Kier alpha value is -0.820. The van der Waals surface area contributed by atoms with Crippen molar-refractivity contribution in [2.45, 2.75) is 51.1 Å². The molecule has 102 valence electrons. The number of aliphatic hydroxyl groups excluding tert-OH is 3. The summed E-state index contributed by atoms with van der Waals surface area (Å²) < 4.78 is 5.35. The van der Waals surface area contributed by atoms with Crippen LogP contribution in [0.5, 0.6) is 0 Å². The lowest BCUT2D eigenvalue weighted by Crippen LogP contribution is -2.50. The predicted octanol–water partition coefficient (Wildman–Crippen LogP) is -0.967. The number of hydrogen-bond donors (Lipinski definition) is 5. The Kier molecular flexibility index (Phi) is 7.90. The van der Waals surface area contributed by atoms with Crippen molar-refractivity contribution in [2.24, 2.45) is 11.5 Å². The van der Waals surface area contributed by atoms with Crippen LogP contribution in [0.2, 0.25) is 0 Å². The maximum atomic E-state index is 9.50. The van der Waals surface area contributed by atoms with E-state index in [1.165, 1.54) is 6.20 Å². The molecule has 4 unspecified atom stereocenters. The van der Waals surface area contributed by atoms with Crippen LogP contribution in [0.15, 0.2) is 11.9 Å². The quantitative estimate of drug-likeness (QED) is 0.438. The molecule has 6 nitrogen and oxygen atoms in total. The second-order valence-corrected chi connectivity index (χ2v) is 3.72. The van der Waals surface area contributed by atoms with Crippen LogP contribution in [-0.4, -0.2) is 46.3 Å². The van der Waals surface area contributed by atoms with Crippen LogP contribution in [0.3, 0.4) is 0 Å². The van der Waals surface area contributed by atoms with Crippen molar-refractivity contribution < 1.29 is 20.1 Å². The molecule has 1 heterocycles. The molecule has 1 rings (SSSR count). The van der Waals surface area contributed by atoms with E-state index in [2.05, 4.69) is 0 Å². The molecule has 17 heavy (non-hydrogen) atoms. The molecule has 7 N–H and O–H groups in total. The second kappa shape index (κ2) is 8.30. The molecule has 0 radical (unpaired) electrons. The summed E-state index contributed by atoms with van der Waals surface area (Å²) in [5.74, 6) is 0. The van der Waals surface area contributed by atoms with Gasteiger partial charge in [-0.15, -0.1) is 0 Å². The number of hydrogen-bond acceptors (Lipinski definition) is 6. The first-order valence-electron chi connectivity index (χ1n) is 5.87. The fourth-order valence-electron chi connectivity index (χ4n) is 1.65. The monoisotopic (exact) mass is 248 g/mol. The van der Waals surface area contributed by atoms with Crippen LogP contribution in [-0.2, 0) is 4.74 Å². The van der Waals surface area contributed by atoms with Crippen molar-refractivity contribution in [3.8, 4) is 0 Å². The highest BCUT2D eigenvalue weighted by Crippen LogP contribution is 2.23. The Bertz CT molecular complexity index is 236. The summed E-state index contributed by atoms with van der Waals surface area (Å²) in [4.78, 5) is 0. The van der Waals surface area contributed by atoms with E-state index in [0.29, 0.717) is 12.1 Å². The van der Waals surface area contributed by atoms with E-state index >= 15 is 0 Å². The third-order valence-electron chi connectivity index (χ3n) is 2.50. The lowest BCUT2D eigenvalue weighted by Gasteiger charge is -2.36. The van der Waals surface area contributed by atoms with E-state index in [1.54, 1.807) is 0 Å². The van der Waals surface area contributed by atoms with Gasteiger partial charge in [-0.3, -0.25) is 0 Å². The molecule has 6 heteroatoms. The smallest absolute Gasteiger partial charge is 0.109 e. The van der Waals surface area contributed by atoms with E-state index in [0.717, 1.165) is 0 Å². The number of ether oxygens (including phenoxy) is 1. The maximum absolute atomic E-state index is 9.50. The van der Waals surface area contributed by atoms with Crippen molar-refractivity contribution in [3.05, 3.63) is 11.9 Å². The third-order valence-corrected chi connectivity index (χ3v) is 2.50. The van der Waals surface area contributed by atoms with Gasteiger partial charge in [0.1, 0.15) is 12.2 Å². The average Bonchev–Trinajstić information content (AvgIpc) is 2.35. The summed E-state index contributed by atoms with van der Waals surface area (Å²) in [7, 11) is 0. The van der Waals surface area contributed by atoms with Gasteiger partial charge in [-0.25, -0.2) is 0 Å². The maximum Gasteiger partial charge on any atom is 0.109 e. The molecule has 0 aromatic heterocycles. The SMILES string of the molecule is CC.N/C=C(\N)CC1CC(O)C(O)C(CO)O1. The van der Waals surface area contributed by atoms with E-state index in [9.17, 15) is 10.2 Å². The Labute approximate surface area is 102 Å². The molecule has 0 aromatic rings. The number of nitrogens with two attached hydrogens (primary N) is 2. The largest absolute Gasteiger partial charge is 0.403 e. The molecule has 0 aromatic carbocycles. The Balaban J connectivity index is 0.00000121. The molecule has 0 saturated carbocycles. The molecule has 1 aliphatic rings. The Morgan fingerprint density at radius 3 is 2.47 bits per heavy atom. The van der Waals surface area contributed by atoms with Gasteiger partial charge >= 0.3 is 0 Å². The van der Waals surface area contributed by atoms with Crippen LogP contribution in [0, 0.1) is 0 Å². The summed E-state index contributed by atoms with van der Waals surface area (Å²) in [6.45, 7) is 3.67. The zero-order valence-corrected chi connectivity index (χ0v) is 10.4. The molecule has 0 spiro atoms. The zero-order valence-electron chi connectivity index (χ0n) is 10.4. The first kappa shape index (κ1) is 16.2. The van der Waals surface area contributed by atoms with Gasteiger partial charge in [0.2, 0.25) is 0 Å². The molecular weight excluding hydrogens is 224 g/mol. The van der Waals surface area contributed by atoms with Crippen molar-refractivity contribution in [1.82, 2.24) is 0 Å². The molecule has 0 amide bonds. The summed E-state index contributed by atoms with van der Waals surface area (Å²) in [5, 5.41) is 27.9. The lowest BCUT2D eigenvalue weighted by atomic mass is 9.96. The van der Waals surface area contributed by atoms with Crippen LogP contribution < -0.4 is 11.5 Å². The molecule has 1 saturated heterocycles. The minimum Gasteiger partial charge on any atom is -0.403 e. The highest BCUT2D eigenvalue weighted by atomic mass is 16.5. The van der Waals surface area contributed by atoms with Crippen LogP contribution in [0.1, 0.15) is 26.7 Å². The van der Waals surface area contributed by atoms with E-state index in [4.69, 9.17) is 21.3 Å². The van der Waals surface area contributed by atoms with Crippen LogP contribution in [0.4, 0.5) is 0 Å². The molecule has 4 atom stereocenters. The fraction of sp³-hybridized carbons (Fsp3) is 0.818. The summed E-state index contributed by atoms with van der Waals surface area (Å²) in [6, 6.07) is 0. The molecular formula is C11H24N2O4. The first-order valence-corrected chi connectivity index (χ1v) is 5.87. The van der Waals surface area contributed by atoms with Crippen molar-refractivity contribution >= 4 is 0 Å². The molecule has 0 bridgehead atoms. The van der Waals surface area contributed by atoms with Gasteiger partial charge in [0.15, 0.2) is 0 Å². The summed E-state index contributed by atoms with van der Waals surface area (Å²) >= 11 is 0. The van der Waals surface area contributed by atoms with Crippen LogP contribution >= 0.6 is 0 Å². The minimum absolute atomic E-state index is 0.284. The standard InChI is InChI=1S/C9H18N2O4.C2H6/c10-3-5(11)1-6-2-7(13)9(14)8(4-12)15-6;1-2/h3,6-9,12-14H,1-2,4,10-11H2;1-2H3/b5-3-;. The van der Waals surface area contributed by atoms with Gasteiger partial charge in [0.05, 0.1) is 18.8 Å². The highest BCUT2D eigenvalue weighted by Gasteiger charge is 2.36. The van der Waals surface area contributed by atoms with Gasteiger partial charge in [0.25, 0.3) is 0 Å². The van der Waals surface area contributed by atoms with Gasteiger partial charge in [-0.1, -0.05) is 13.8 Å². The Morgan fingerprint density at radius 1 is 1.41 bits per heavy atom. The van der Waals surface area contributed by atoms with Crippen molar-refractivity contribution in [3.63, 3.8) is 0 Å². The Morgan fingerprint density at radius 2 is 2.00 bits per heavy atom. The lowest BCUT2D eigenvalue weighted by molar-refractivity contribution is -0.178. The minimum atomic E-state index is -1.05. The van der Waals surface area contributed by atoms with E-state index in [-0.39, 0.29) is 19.1 Å². The molecule has 0 aliphatic carbocycles. The average molecular weight is 248 g/mol. The van der Waals surface area contributed by atoms with Gasteiger partial charge in [-0.2, -0.15) is 0 Å². The van der Waals surface area contributed by atoms with Gasteiger partial charge in [-0.05, 0) is 0 Å². The summed E-state index contributed by atoms with van der Waals surface area (Å²) in [5.41, 5.74) is 11.2. The van der Waals surface area contributed by atoms with Gasteiger partial charge < -0.3 is 31.5 Å². The zero-order chi connectivity index (χ0) is 13.4. The highest BCUT2D eigenvalue weighted by molar-refractivity contribution is 4.98. The van der Waals surface area contributed by atoms with Crippen LogP contribution in [0.25, 0.3) is 0 Å². The van der Waals surface area contributed by atoms with Gasteiger partial charge in [0, 0.05) is 24.7 Å². The normalized spacial score (nSPS) is 33.8.